The second-order valence-electron chi connectivity index (χ2n) is 10.1. The minimum Gasteiger partial charge on any atom is -0.474 e. The van der Waals surface area contributed by atoms with Gasteiger partial charge in [-0.2, -0.15) is 10.1 Å². The van der Waals surface area contributed by atoms with Gasteiger partial charge in [0.25, 0.3) is 5.91 Å². The molecule has 5 heterocycles. The first-order chi connectivity index (χ1) is 16.2. The number of hydrogen-bond acceptors (Lipinski definition) is 7. The minimum atomic E-state index is -0.353. The lowest BCUT2D eigenvalue weighted by molar-refractivity contribution is -0.00627. The molecule has 2 bridgehead atoms. The van der Waals surface area contributed by atoms with Crippen LogP contribution in [0.2, 0.25) is 0 Å². The van der Waals surface area contributed by atoms with E-state index in [4.69, 9.17) is 14.5 Å². The van der Waals surface area contributed by atoms with Crippen molar-refractivity contribution in [2.45, 2.75) is 64.1 Å². The second-order valence-corrected chi connectivity index (χ2v) is 10.1. The standard InChI is InChI=1S/C24H27N7O3/c1-14(2)34-21-16(20(32)27-17-8-26-31-9-15(3)7-25-19(17)31)10-30-11-18(28-22(30)29-21)24-6-5-23(4,12-24)33-13-24/h7-11,14H,5-6,12-13H2,1-4H3,(H,27,32)/t23-,24-/m0/s1. The van der Waals surface area contributed by atoms with Crippen molar-refractivity contribution < 1.29 is 14.3 Å². The highest BCUT2D eigenvalue weighted by molar-refractivity contribution is 6.07. The molecule has 4 aromatic heterocycles. The lowest BCUT2D eigenvalue weighted by Crippen LogP contribution is -2.26. The summed E-state index contributed by atoms with van der Waals surface area (Å²) in [5, 5.41) is 7.20. The number of nitrogens with one attached hydrogen (secondary N) is 1. The van der Waals surface area contributed by atoms with E-state index in [0.29, 0.717) is 29.3 Å². The highest BCUT2D eigenvalue weighted by Crippen LogP contribution is 2.53. The van der Waals surface area contributed by atoms with E-state index >= 15 is 0 Å². The molecule has 10 nitrogen and oxygen atoms in total. The van der Waals surface area contributed by atoms with E-state index in [1.807, 2.05) is 33.2 Å². The van der Waals surface area contributed by atoms with Gasteiger partial charge in [0.1, 0.15) is 11.3 Å². The average Bonchev–Trinajstić information content (AvgIpc) is 3.53. The van der Waals surface area contributed by atoms with Crippen molar-refractivity contribution in [2.75, 3.05) is 11.9 Å². The third kappa shape index (κ3) is 3.32. The third-order valence-electron chi connectivity index (χ3n) is 6.82. The lowest BCUT2D eigenvalue weighted by atomic mass is 9.84. The minimum absolute atomic E-state index is 0.0683. The number of aromatic nitrogens is 6. The van der Waals surface area contributed by atoms with Gasteiger partial charge < -0.3 is 14.8 Å². The van der Waals surface area contributed by atoms with Crippen molar-refractivity contribution in [3.05, 3.63) is 47.8 Å². The molecule has 2 fully saturated rings. The van der Waals surface area contributed by atoms with E-state index in [2.05, 4.69) is 27.3 Å². The molecule has 4 aromatic rings. The Morgan fingerprint density at radius 1 is 1.21 bits per heavy atom. The molecule has 6 rings (SSSR count). The number of aryl methyl sites for hydroxylation is 1. The maximum Gasteiger partial charge on any atom is 0.262 e. The molecule has 1 amide bonds. The van der Waals surface area contributed by atoms with Gasteiger partial charge in [0.15, 0.2) is 5.65 Å². The normalized spacial score (nSPS) is 23.9. The van der Waals surface area contributed by atoms with Crippen LogP contribution in [0.4, 0.5) is 5.69 Å². The Bertz CT molecular complexity index is 1430. The van der Waals surface area contributed by atoms with E-state index in [9.17, 15) is 4.79 Å². The molecule has 0 aromatic carbocycles. The van der Waals surface area contributed by atoms with Crippen LogP contribution < -0.4 is 10.1 Å². The Labute approximate surface area is 196 Å². The van der Waals surface area contributed by atoms with Crippen LogP contribution in [0.25, 0.3) is 11.4 Å². The first-order valence-electron chi connectivity index (χ1n) is 11.6. The summed E-state index contributed by atoms with van der Waals surface area (Å²) < 4.78 is 15.4. The van der Waals surface area contributed by atoms with Crippen LogP contribution in [0, 0.1) is 6.92 Å². The first-order valence-corrected chi connectivity index (χ1v) is 11.6. The van der Waals surface area contributed by atoms with Crippen LogP contribution in [0.1, 0.15) is 61.6 Å². The molecular formula is C24H27N7O3. The van der Waals surface area contributed by atoms with Crippen molar-refractivity contribution in [1.29, 1.82) is 0 Å². The Morgan fingerprint density at radius 3 is 2.76 bits per heavy atom. The fourth-order valence-corrected chi connectivity index (χ4v) is 5.12. The monoisotopic (exact) mass is 461 g/mol. The van der Waals surface area contributed by atoms with Gasteiger partial charge in [-0.1, -0.05) is 0 Å². The molecule has 1 saturated carbocycles. The number of anilines is 1. The third-order valence-corrected chi connectivity index (χ3v) is 6.82. The Morgan fingerprint density at radius 2 is 2.06 bits per heavy atom. The predicted molar refractivity (Wildman–Crippen MR) is 124 cm³/mol. The predicted octanol–water partition coefficient (Wildman–Crippen LogP) is 3.33. The van der Waals surface area contributed by atoms with E-state index < -0.39 is 0 Å². The second kappa shape index (κ2) is 7.23. The average molecular weight is 462 g/mol. The molecule has 1 saturated heterocycles. The fraction of sp³-hybridized carbons (Fsp3) is 0.458. The molecule has 1 aliphatic heterocycles. The number of nitrogens with zero attached hydrogens (tertiary/aromatic N) is 6. The lowest BCUT2D eigenvalue weighted by Gasteiger charge is -2.24. The SMILES string of the molecule is Cc1cnc2c(NC(=O)c3cn4cc([C@@]56CC[C@@](C)(C5)OC6)nc4nc3OC(C)C)cnn2c1. The van der Waals surface area contributed by atoms with Gasteiger partial charge in [0.05, 0.1) is 30.2 Å². The molecule has 34 heavy (non-hydrogen) atoms. The first kappa shape index (κ1) is 21.0. The number of imidazole rings is 1. The molecule has 0 spiro atoms. The van der Waals surface area contributed by atoms with Gasteiger partial charge in [0.2, 0.25) is 11.7 Å². The van der Waals surface area contributed by atoms with Crippen molar-refractivity contribution in [3.8, 4) is 5.88 Å². The number of amides is 1. The highest BCUT2D eigenvalue weighted by Gasteiger charge is 2.55. The summed E-state index contributed by atoms with van der Waals surface area (Å²) in [7, 11) is 0. The van der Waals surface area contributed by atoms with Gasteiger partial charge in [0, 0.05) is 30.2 Å². The number of carbonyl (C=O) groups is 1. The Balaban J connectivity index is 1.38. The van der Waals surface area contributed by atoms with E-state index in [1.165, 1.54) is 0 Å². The maximum atomic E-state index is 13.4. The van der Waals surface area contributed by atoms with Gasteiger partial charge in [-0.3, -0.25) is 9.20 Å². The van der Waals surface area contributed by atoms with Gasteiger partial charge in [-0.25, -0.2) is 14.5 Å². The van der Waals surface area contributed by atoms with Crippen molar-refractivity contribution in [2.24, 2.45) is 0 Å². The van der Waals surface area contributed by atoms with Crippen LogP contribution in [0.3, 0.4) is 0 Å². The summed E-state index contributed by atoms with van der Waals surface area (Å²) >= 11 is 0. The van der Waals surface area contributed by atoms with Crippen LogP contribution >= 0.6 is 0 Å². The summed E-state index contributed by atoms with van der Waals surface area (Å²) in [6, 6.07) is 0. The Kier molecular flexibility index (Phi) is 4.47. The molecule has 1 N–H and O–H groups in total. The molecule has 1 aliphatic carbocycles. The van der Waals surface area contributed by atoms with E-state index in [-0.39, 0.29) is 28.9 Å². The van der Waals surface area contributed by atoms with Crippen molar-refractivity contribution in [1.82, 2.24) is 29.0 Å². The molecule has 0 radical (unpaired) electrons. The topological polar surface area (TPSA) is 108 Å². The number of hydrogen-bond donors (Lipinski definition) is 1. The zero-order valence-electron chi connectivity index (χ0n) is 19.7. The summed E-state index contributed by atoms with van der Waals surface area (Å²) in [6.07, 6.45) is 11.7. The van der Waals surface area contributed by atoms with Crippen LogP contribution in [0.15, 0.2) is 31.0 Å². The quantitative estimate of drug-likeness (QED) is 0.486. The fourth-order valence-electron chi connectivity index (χ4n) is 5.12. The number of rotatable bonds is 5. The summed E-state index contributed by atoms with van der Waals surface area (Å²) in [6.45, 7) is 8.57. The molecule has 2 aliphatic rings. The van der Waals surface area contributed by atoms with Crippen LogP contribution in [0.5, 0.6) is 5.88 Å². The van der Waals surface area contributed by atoms with Gasteiger partial charge >= 0.3 is 0 Å². The van der Waals surface area contributed by atoms with Crippen molar-refractivity contribution in [3.63, 3.8) is 0 Å². The van der Waals surface area contributed by atoms with Crippen LogP contribution in [-0.2, 0) is 10.2 Å². The van der Waals surface area contributed by atoms with Crippen LogP contribution in [-0.4, -0.2) is 53.2 Å². The largest absolute Gasteiger partial charge is 0.474 e. The summed E-state index contributed by atoms with van der Waals surface area (Å²) in [4.78, 5) is 27.2. The smallest absolute Gasteiger partial charge is 0.262 e. The molecule has 0 unspecified atom stereocenters. The zero-order chi connectivity index (χ0) is 23.7. The zero-order valence-corrected chi connectivity index (χ0v) is 19.7. The maximum absolute atomic E-state index is 13.4. The molecular weight excluding hydrogens is 434 g/mol. The summed E-state index contributed by atoms with van der Waals surface area (Å²) in [5.41, 5.74) is 3.16. The van der Waals surface area contributed by atoms with E-state index in [0.717, 1.165) is 30.5 Å². The molecule has 176 valence electrons. The Hall–Kier alpha value is -3.53. The molecule has 10 heteroatoms. The number of fused-ring (bicyclic) bond motifs is 4. The molecule has 2 atom stereocenters. The highest BCUT2D eigenvalue weighted by atomic mass is 16.5. The number of carbonyl (C=O) groups excluding carboxylic acids is 1. The van der Waals surface area contributed by atoms with Gasteiger partial charge in [-0.15, -0.1) is 0 Å². The van der Waals surface area contributed by atoms with E-state index in [1.54, 1.807) is 27.5 Å². The number of ether oxygens (including phenoxy) is 2. The van der Waals surface area contributed by atoms with Gasteiger partial charge in [-0.05, 0) is 52.5 Å². The summed E-state index contributed by atoms with van der Waals surface area (Å²) in [5.74, 6) is 0.396. The van der Waals surface area contributed by atoms with Crippen molar-refractivity contribution >= 4 is 23.0 Å².